The molecule has 0 radical (unpaired) electrons. The number of benzene rings is 3. The van der Waals surface area contributed by atoms with Crippen LogP contribution < -0.4 is 10.3 Å². The Hall–Kier alpha value is -3.47. The van der Waals surface area contributed by atoms with Crippen LogP contribution in [0, 0.1) is 11.6 Å². The number of hydrogen-bond acceptors (Lipinski definition) is 2. The van der Waals surface area contributed by atoms with Gasteiger partial charge in [-0.15, -0.1) is 0 Å². The van der Waals surface area contributed by atoms with Gasteiger partial charge in [0, 0.05) is 16.6 Å². The van der Waals surface area contributed by atoms with Crippen LogP contribution in [0.2, 0.25) is 0 Å². The van der Waals surface area contributed by atoms with Gasteiger partial charge in [-0.05, 0) is 35.9 Å². The molecule has 0 spiro atoms. The quantitative estimate of drug-likeness (QED) is 0.516. The summed E-state index contributed by atoms with van der Waals surface area (Å²) < 4.78 is 34.8. The second kappa shape index (κ2) is 6.68. The normalized spacial score (nSPS) is 10.9. The van der Waals surface area contributed by atoms with Crippen molar-refractivity contribution < 1.29 is 13.5 Å². The van der Waals surface area contributed by atoms with Crippen LogP contribution >= 0.6 is 0 Å². The summed E-state index contributed by atoms with van der Waals surface area (Å²) in [5.74, 6) is -0.887. The summed E-state index contributed by atoms with van der Waals surface area (Å²) >= 11 is 0. The molecule has 27 heavy (non-hydrogen) atoms. The van der Waals surface area contributed by atoms with E-state index in [4.69, 9.17) is 4.74 Å². The minimum atomic E-state index is -0.547. The molecule has 1 heterocycles. The lowest BCUT2D eigenvalue weighted by Crippen LogP contribution is -2.22. The van der Waals surface area contributed by atoms with E-state index in [0.717, 1.165) is 5.56 Å². The third-order valence-corrected chi connectivity index (χ3v) is 4.46. The average molecular weight is 363 g/mol. The number of aromatic nitrogens is 1. The smallest absolute Gasteiger partial charge is 0.298 e. The van der Waals surface area contributed by atoms with Crippen LogP contribution in [0.1, 0.15) is 0 Å². The zero-order chi connectivity index (χ0) is 19.0. The lowest BCUT2D eigenvalue weighted by atomic mass is 9.99. The molecule has 134 valence electrons. The van der Waals surface area contributed by atoms with Gasteiger partial charge >= 0.3 is 0 Å². The number of pyridine rings is 1. The Bertz CT molecular complexity index is 1180. The van der Waals surface area contributed by atoms with Crippen molar-refractivity contribution in [1.29, 1.82) is 0 Å². The van der Waals surface area contributed by atoms with Crippen molar-refractivity contribution in [2.75, 3.05) is 7.11 Å². The van der Waals surface area contributed by atoms with Crippen molar-refractivity contribution in [3.8, 4) is 22.6 Å². The Morgan fingerprint density at radius 3 is 2.22 bits per heavy atom. The number of methoxy groups -OCH3 is 1. The van der Waals surface area contributed by atoms with Crippen LogP contribution in [-0.2, 0) is 0 Å². The highest BCUT2D eigenvalue weighted by molar-refractivity contribution is 5.98. The topological polar surface area (TPSA) is 31.2 Å². The highest BCUT2D eigenvalue weighted by Crippen LogP contribution is 2.36. The van der Waals surface area contributed by atoms with Crippen molar-refractivity contribution in [2.45, 2.75) is 0 Å². The van der Waals surface area contributed by atoms with E-state index in [-0.39, 0.29) is 11.3 Å². The second-order valence-electron chi connectivity index (χ2n) is 6.03. The molecule has 1 aromatic heterocycles. The molecular weight excluding hydrogens is 348 g/mol. The Labute approximate surface area is 154 Å². The first-order valence-corrected chi connectivity index (χ1v) is 8.34. The zero-order valence-electron chi connectivity index (χ0n) is 14.4. The number of halogens is 2. The van der Waals surface area contributed by atoms with Crippen LogP contribution in [0.4, 0.5) is 8.78 Å². The molecule has 4 aromatic rings. The molecule has 0 aliphatic heterocycles. The molecule has 0 atom stereocenters. The molecule has 0 bridgehead atoms. The summed E-state index contributed by atoms with van der Waals surface area (Å²) in [5.41, 5.74) is 1.23. The van der Waals surface area contributed by atoms with Crippen LogP contribution in [0.5, 0.6) is 5.75 Å². The third-order valence-electron chi connectivity index (χ3n) is 4.46. The fourth-order valence-corrected chi connectivity index (χ4v) is 3.29. The zero-order valence-corrected chi connectivity index (χ0v) is 14.4. The summed E-state index contributed by atoms with van der Waals surface area (Å²) in [6.07, 6.45) is 0. The maximum absolute atomic E-state index is 14.8. The molecule has 0 amide bonds. The van der Waals surface area contributed by atoms with Crippen LogP contribution in [0.15, 0.2) is 77.6 Å². The SMILES string of the molecule is COc1c(-c2ccccc2)c2cccc(F)c2n(-c2ccc(F)cc2)c1=O. The Kier molecular flexibility index (Phi) is 4.20. The summed E-state index contributed by atoms with van der Waals surface area (Å²) in [6, 6.07) is 19.2. The van der Waals surface area contributed by atoms with Crippen LogP contribution in [0.3, 0.4) is 0 Å². The van der Waals surface area contributed by atoms with Gasteiger partial charge in [0.25, 0.3) is 5.56 Å². The Morgan fingerprint density at radius 2 is 1.56 bits per heavy atom. The number of ether oxygens (including phenoxy) is 1. The van der Waals surface area contributed by atoms with Crippen molar-refractivity contribution in [1.82, 2.24) is 4.57 Å². The number of hydrogen-bond donors (Lipinski definition) is 0. The van der Waals surface area contributed by atoms with E-state index in [1.807, 2.05) is 30.3 Å². The molecule has 0 fully saturated rings. The summed E-state index contributed by atoms with van der Waals surface area (Å²) in [7, 11) is 1.41. The lowest BCUT2D eigenvalue weighted by Gasteiger charge is -2.18. The first-order valence-electron chi connectivity index (χ1n) is 8.34. The monoisotopic (exact) mass is 363 g/mol. The molecule has 0 unspecified atom stereocenters. The van der Waals surface area contributed by atoms with Crippen LogP contribution in [0.25, 0.3) is 27.7 Å². The summed E-state index contributed by atoms with van der Waals surface area (Å²) in [4.78, 5) is 13.2. The molecule has 5 heteroatoms. The third kappa shape index (κ3) is 2.77. The van der Waals surface area contributed by atoms with E-state index in [0.29, 0.717) is 16.6 Å². The standard InChI is InChI=1S/C22H15F2NO2/c1-27-21-19(14-6-3-2-4-7-14)17-8-5-9-18(24)20(17)25(22(21)26)16-12-10-15(23)11-13-16/h2-13H,1H3. The van der Waals surface area contributed by atoms with Gasteiger partial charge in [-0.3, -0.25) is 9.36 Å². The average Bonchev–Trinajstić information content (AvgIpc) is 2.69. The molecule has 0 saturated heterocycles. The summed E-state index contributed by atoms with van der Waals surface area (Å²) in [5, 5.41) is 0.530. The fraction of sp³-hybridized carbons (Fsp3) is 0.0455. The highest BCUT2D eigenvalue weighted by Gasteiger charge is 2.21. The van der Waals surface area contributed by atoms with E-state index >= 15 is 0 Å². The first-order chi connectivity index (χ1) is 13.1. The Morgan fingerprint density at radius 1 is 0.852 bits per heavy atom. The van der Waals surface area contributed by atoms with E-state index in [1.165, 1.54) is 42.0 Å². The molecule has 0 aliphatic carbocycles. The molecule has 3 nitrogen and oxygen atoms in total. The van der Waals surface area contributed by atoms with E-state index < -0.39 is 17.2 Å². The number of rotatable bonds is 3. The summed E-state index contributed by atoms with van der Waals surface area (Å²) in [6.45, 7) is 0. The number of nitrogens with zero attached hydrogens (tertiary/aromatic N) is 1. The van der Waals surface area contributed by atoms with Gasteiger partial charge < -0.3 is 4.74 Å². The van der Waals surface area contributed by atoms with E-state index in [2.05, 4.69) is 0 Å². The van der Waals surface area contributed by atoms with Gasteiger partial charge in [0.15, 0.2) is 5.75 Å². The van der Waals surface area contributed by atoms with E-state index in [9.17, 15) is 13.6 Å². The van der Waals surface area contributed by atoms with Gasteiger partial charge in [0.2, 0.25) is 0 Å². The van der Waals surface area contributed by atoms with Crippen molar-refractivity contribution in [3.05, 3.63) is 94.8 Å². The highest BCUT2D eigenvalue weighted by atomic mass is 19.1. The molecular formula is C22H15F2NO2. The van der Waals surface area contributed by atoms with Crippen molar-refractivity contribution in [2.24, 2.45) is 0 Å². The Balaban J connectivity index is 2.20. The van der Waals surface area contributed by atoms with Gasteiger partial charge in [-0.25, -0.2) is 8.78 Å². The maximum atomic E-state index is 14.8. The molecule has 4 rings (SSSR count). The van der Waals surface area contributed by atoms with Crippen LogP contribution in [-0.4, -0.2) is 11.7 Å². The maximum Gasteiger partial charge on any atom is 0.298 e. The molecule has 0 N–H and O–H groups in total. The minimum absolute atomic E-state index is 0.101. The predicted molar refractivity (Wildman–Crippen MR) is 101 cm³/mol. The second-order valence-corrected chi connectivity index (χ2v) is 6.03. The van der Waals surface area contributed by atoms with Gasteiger partial charge in [-0.2, -0.15) is 0 Å². The number of fused-ring (bicyclic) bond motifs is 1. The number of para-hydroxylation sites is 1. The minimum Gasteiger partial charge on any atom is -0.491 e. The predicted octanol–water partition coefficient (Wildman–Crippen LogP) is 4.94. The fourth-order valence-electron chi connectivity index (χ4n) is 3.29. The first kappa shape index (κ1) is 17.0. The van der Waals surface area contributed by atoms with Crippen molar-refractivity contribution in [3.63, 3.8) is 0 Å². The largest absolute Gasteiger partial charge is 0.491 e. The van der Waals surface area contributed by atoms with Gasteiger partial charge in [-0.1, -0.05) is 42.5 Å². The van der Waals surface area contributed by atoms with E-state index in [1.54, 1.807) is 12.1 Å². The lowest BCUT2D eigenvalue weighted by molar-refractivity contribution is 0.409. The van der Waals surface area contributed by atoms with Crippen molar-refractivity contribution >= 4 is 10.9 Å². The molecule has 3 aromatic carbocycles. The van der Waals surface area contributed by atoms with Gasteiger partial charge in [0.1, 0.15) is 11.6 Å². The molecule has 0 aliphatic rings. The molecule has 0 saturated carbocycles. The van der Waals surface area contributed by atoms with Gasteiger partial charge in [0.05, 0.1) is 12.6 Å².